The van der Waals surface area contributed by atoms with Gasteiger partial charge in [-0.25, -0.2) is 0 Å². The van der Waals surface area contributed by atoms with Crippen LogP contribution in [0, 0.1) is 17.8 Å². The van der Waals surface area contributed by atoms with Gasteiger partial charge in [0.2, 0.25) is 88.6 Å². The van der Waals surface area contributed by atoms with Gasteiger partial charge < -0.3 is 131 Å². The highest BCUT2D eigenvalue weighted by Gasteiger charge is 2.40. The molecule has 0 radical (unpaired) electrons. The van der Waals surface area contributed by atoms with E-state index in [1.807, 2.05) is 12.2 Å². The minimum absolute atomic E-state index is 0.127. The number of aliphatic hydroxyl groups is 3. The molecule has 0 unspecified atom stereocenters. The maximum absolute atomic E-state index is 14.3. The summed E-state index contributed by atoms with van der Waals surface area (Å²) >= 11 is 0. The lowest BCUT2D eigenvalue weighted by molar-refractivity contribution is -0.142. The molecule has 4 aromatic rings. The summed E-state index contributed by atoms with van der Waals surface area (Å²) in [6, 6.07) is -5.36. The molecule has 3 aromatic carbocycles. The number of H-pyrrole nitrogens is 1. The molecule has 0 bridgehead atoms. The highest BCUT2D eigenvalue weighted by atomic mass is 16.4. The normalized spacial score (nSPS) is 15.8. The fourth-order valence-corrected chi connectivity index (χ4v) is 12.1. The molecule has 0 aliphatic heterocycles. The highest BCUT2D eigenvalue weighted by molar-refractivity contribution is 6.01. The second kappa shape index (κ2) is 49.7. The van der Waals surface area contributed by atoms with E-state index in [4.69, 9.17) is 10.8 Å². The Morgan fingerprint density at radius 1 is 0.374 bits per heavy atom. The summed E-state index contributed by atoms with van der Waals surface area (Å²) in [6.45, 7) is 13.1. The van der Waals surface area contributed by atoms with Crippen molar-refractivity contribution in [1.82, 2.24) is 84.7 Å². The third-order valence-electron chi connectivity index (χ3n) is 20.2. The predicted molar refractivity (Wildman–Crippen MR) is 437 cm³/mol. The fraction of sp³-hybridized carbons (Fsp3) is 0.525. The number of nitrogens with two attached hydrogens (primary N) is 1. The topological polar surface area (TPSA) is 691 Å². The minimum Gasteiger partial charge on any atom is -0.508 e. The number of phenolic OH excluding ortho intramolecular Hbond substituents is 2. The van der Waals surface area contributed by atoms with Crippen molar-refractivity contribution in [3.05, 3.63) is 95.7 Å². The van der Waals surface area contributed by atoms with Crippen LogP contribution in [0.2, 0.25) is 0 Å². The van der Waals surface area contributed by atoms with Gasteiger partial charge >= 0.3 is 17.9 Å². The number of carboxylic acids is 3. The Balaban J connectivity index is 1.49. The van der Waals surface area contributed by atoms with Gasteiger partial charge in [0.15, 0.2) is 0 Å². The predicted octanol–water partition coefficient (Wildman–Crippen LogP) is -5.15. The first kappa shape index (κ1) is 102. The van der Waals surface area contributed by atoms with Gasteiger partial charge in [0, 0.05) is 42.8 Å². The van der Waals surface area contributed by atoms with Crippen LogP contribution in [-0.2, 0) is 106 Å². The van der Waals surface area contributed by atoms with E-state index in [1.54, 1.807) is 65.1 Å². The first-order chi connectivity index (χ1) is 57.8. The van der Waals surface area contributed by atoms with Crippen molar-refractivity contribution in [2.24, 2.45) is 23.5 Å². The number of phenols is 2. The smallest absolute Gasteiger partial charge is 0.322 e. The minimum atomic E-state index is -2.20. The maximum Gasteiger partial charge on any atom is 0.322 e. The number of aromatic amines is 1. The number of hydrogen-bond donors (Lipinski definition) is 25. The standard InChI is InChI=1S/C80H115N17O26/c1-12-37(4)62(81)76(119)95-64(39(6)14-3)78(121)92-53(29-45-19-23-48(101)24-20-45)70(113)83-34-58(103)88-57(36-98)75(118)91-56(32-60(106)107)74(117)89-52(27-28-59(104)105)71(114)97-65(43(10)99)79(122)87-40(7)67(110)90-54(30-46-21-25-49(102)26-22-46)72(115)85-42(9)69(112)96-66(44(11)100)80(123)93-55(31-47-33-82-51-18-16-15-17-50(47)51)73(116)86-41(8)68(111)94-63(38(5)13-2)77(120)84-35-61(108)109/h15-26,33,37-44,52-57,62-66,82,98-102H,12-14,27-32,34-36,81H2,1-11H3,(H,83,113)(H,84,120)(H,85,115)(H,86,116)(H,87,122)(H,88,103)(H,89,117)(H,90,110)(H,91,118)(H,92,121)(H,93,123)(H,94,111)(H,95,119)(H,96,112)(H,97,114)(H,104,105)(H,106,107)(H,108,109)/t37-,38-,39-,40-,41-,42-,43+,44+,52-,53-,54-,55-,56-,57-,62-,63-,64-,65-,66-/m0/s1. The Morgan fingerprint density at radius 2 is 0.756 bits per heavy atom. The lowest BCUT2D eigenvalue weighted by Gasteiger charge is -2.28. The van der Waals surface area contributed by atoms with Crippen LogP contribution >= 0.6 is 0 Å². The summed E-state index contributed by atoms with van der Waals surface area (Å²) in [4.78, 5) is 246. The van der Waals surface area contributed by atoms with Crippen molar-refractivity contribution in [3.8, 4) is 11.5 Å². The molecular weight excluding hydrogens is 1610 g/mol. The molecule has 15 amide bonds. The van der Waals surface area contributed by atoms with E-state index < -0.39 is 261 Å². The summed E-state index contributed by atoms with van der Waals surface area (Å²) < 4.78 is 0. The third kappa shape index (κ3) is 33.2. The number of fused-ring (bicyclic) bond motifs is 1. The van der Waals surface area contributed by atoms with Crippen LogP contribution in [0.15, 0.2) is 79.0 Å². The molecular formula is C80H115N17O26. The summed E-state index contributed by atoms with van der Waals surface area (Å²) in [5, 5.41) is 116. The number of nitrogens with one attached hydrogen (secondary N) is 16. The van der Waals surface area contributed by atoms with Crippen LogP contribution < -0.4 is 85.5 Å². The second-order valence-electron chi connectivity index (χ2n) is 30.1. The van der Waals surface area contributed by atoms with E-state index in [9.17, 15) is 122 Å². The summed E-state index contributed by atoms with van der Waals surface area (Å²) in [6.07, 6.45) is -4.62. The number of aliphatic hydroxyl groups excluding tert-OH is 3. The van der Waals surface area contributed by atoms with Gasteiger partial charge in [-0.15, -0.1) is 0 Å². The van der Waals surface area contributed by atoms with Crippen molar-refractivity contribution in [3.63, 3.8) is 0 Å². The number of carbonyl (C=O) groups excluding carboxylic acids is 15. The number of aliphatic carboxylic acids is 3. The van der Waals surface area contributed by atoms with Gasteiger partial charge in [-0.1, -0.05) is 103 Å². The van der Waals surface area contributed by atoms with Crippen molar-refractivity contribution in [2.45, 2.75) is 231 Å². The van der Waals surface area contributed by atoms with Crippen molar-refractivity contribution in [1.29, 1.82) is 0 Å². The Labute approximate surface area is 707 Å². The number of benzene rings is 3. The molecule has 4 rings (SSSR count). The Kier molecular flexibility index (Phi) is 41.4. The average molecular weight is 1730 g/mol. The largest absolute Gasteiger partial charge is 0.508 e. The molecule has 0 saturated carbocycles. The van der Waals surface area contributed by atoms with E-state index >= 15 is 0 Å². The number of hydrogen-bond acceptors (Lipinski definition) is 24. The molecule has 0 spiro atoms. The number of aromatic hydroxyl groups is 2. The molecule has 676 valence electrons. The van der Waals surface area contributed by atoms with Crippen LogP contribution in [0.4, 0.5) is 0 Å². The van der Waals surface area contributed by atoms with E-state index in [-0.39, 0.29) is 30.3 Å². The molecule has 1 aromatic heterocycles. The average Bonchev–Trinajstić information content (AvgIpc) is 1.16. The number of amides is 15. The Morgan fingerprint density at radius 3 is 1.24 bits per heavy atom. The van der Waals surface area contributed by atoms with Crippen LogP contribution in [0.1, 0.15) is 131 Å². The zero-order chi connectivity index (χ0) is 92.4. The van der Waals surface area contributed by atoms with E-state index in [1.165, 1.54) is 55.5 Å². The van der Waals surface area contributed by atoms with Crippen LogP contribution in [0.5, 0.6) is 11.5 Å². The summed E-state index contributed by atoms with van der Waals surface area (Å²) in [5.41, 5.74) is 7.99. The zero-order valence-electron chi connectivity index (χ0n) is 70.0. The molecule has 43 nitrogen and oxygen atoms in total. The number of carbonyl (C=O) groups is 18. The molecule has 1 heterocycles. The van der Waals surface area contributed by atoms with Gasteiger partial charge in [0.25, 0.3) is 0 Å². The van der Waals surface area contributed by atoms with Crippen molar-refractivity contribution >= 4 is 117 Å². The van der Waals surface area contributed by atoms with Gasteiger partial charge in [0.1, 0.15) is 96.6 Å². The molecule has 43 heteroatoms. The van der Waals surface area contributed by atoms with Gasteiger partial charge in [-0.05, 0) is 106 Å². The van der Waals surface area contributed by atoms with E-state index in [0.717, 1.165) is 27.7 Å². The molecule has 26 N–H and O–H groups in total. The quantitative estimate of drug-likeness (QED) is 0.0197. The monoisotopic (exact) mass is 1730 g/mol. The van der Waals surface area contributed by atoms with Gasteiger partial charge in [-0.3, -0.25) is 86.3 Å². The fourth-order valence-electron chi connectivity index (χ4n) is 12.1. The molecule has 0 aliphatic rings. The van der Waals surface area contributed by atoms with E-state index in [2.05, 4.69) is 79.4 Å². The zero-order valence-corrected chi connectivity index (χ0v) is 70.0. The van der Waals surface area contributed by atoms with Crippen molar-refractivity contribution < 1.29 is 127 Å². The first-order valence-electron chi connectivity index (χ1n) is 39.8. The number of rotatable bonds is 51. The molecule has 0 saturated heterocycles. The highest BCUT2D eigenvalue weighted by Crippen LogP contribution is 2.21. The van der Waals surface area contributed by atoms with Crippen LogP contribution in [0.3, 0.4) is 0 Å². The molecule has 123 heavy (non-hydrogen) atoms. The lowest BCUT2D eigenvalue weighted by Crippen LogP contribution is -2.62. The van der Waals surface area contributed by atoms with Crippen LogP contribution in [-0.4, -0.2) is 269 Å². The second-order valence-corrected chi connectivity index (χ2v) is 30.1. The number of carboxylic acid groups (broad SMARTS) is 3. The Bertz CT molecular complexity index is 4370. The lowest BCUT2D eigenvalue weighted by atomic mass is 9.95. The summed E-state index contributed by atoms with van der Waals surface area (Å²) in [5.74, 6) is -22.6. The SMILES string of the molecule is CC[C@H](C)[C@H](N)C(=O)N[C@H](C(=O)N[C@@H](Cc1ccc(O)cc1)C(=O)NCC(=O)N[C@@H](CO)C(=O)N[C@@H](CC(=O)O)C(=O)N[C@@H](CCC(=O)O)C(=O)N[C@H](C(=O)N[C@@H](C)C(=O)N[C@@H](Cc1ccc(O)cc1)C(=O)N[C@@H](C)C(=O)N[C@H](C(=O)N[C@@H](Cc1c[nH]c2ccccc12)C(=O)N[C@@H](C)C(=O)N[C@H](C(=O)NCC(=O)O)[C@@H](C)CC)[C@@H](C)O)[C@@H](C)O)[C@@H](C)CC. The molecule has 0 aliphatic carbocycles. The van der Waals surface area contributed by atoms with Gasteiger partial charge in [-0.2, -0.15) is 0 Å². The maximum atomic E-state index is 14.3. The van der Waals surface area contributed by atoms with Crippen molar-refractivity contribution in [2.75, 3.05) is 19.7 Å². The van der Waals surface area contributed by atoms with Gasteiger partial charge in [0.05, 0.1) is 37.8 Å². The van der Waals surface area contributed by atoms with Crippen LogP contribution in [0.25, 0.3) is 10.9 Å². The summed E-state index contributed by atoms with van der Waals surface area (Å²) in [7, 11) is 0. The molecule has 0 fully saturated rings. The first-order valence-corrected chi connectivity index (χ1v) is 39.8. The Hall–Kier alpha value is -12.9. The number of para-hydroxylation sites is 1. The molecule has 19 atom stereocenters. The number of aromatic nitrogens is 1. The third-order valence-corrected chi connectivity index (χ3v) is 20.2. The van der Waals surface area contributed by atoms with E-state index in [0.29, 0.717) is 46.9 Å².